The number of sulfonamides is 1. The minimum absolute atomic E-state index is 0.0572. The third-order valence-electron chi connectivity index (χ3n) is 2.28. The van der Waals surface area contributed by atoms with Gasteiger partial charge in [0.15, 0.2) is 11.6 Å². The fourth-order valence-corrected chi connectivity index (χ4v) is 2.45. The fourth-order valence-electron chi connectivity index (χ4n) is 1.13. The van der Waals surface area contributed by atoms with Crippen molar-refractivity contribution in [2.45, 2.75) is 12.2 Å². The Kier molecular flexibility index (Phi) is 4.47. The maximum absolute atomic E-state index is 13.1. The first-order chi connectivity index (χ1) is 8.27. The van der Waals surface area contributed by atoms with Gasteiger partial charge in [0.05, 0.1) is 17.8 Å². The van der Waals surface area contributed by atoms with E-state index in [0.29, 0.717) is 0 Å². The van der Waals surface area contributed by atoms with E-state index in [1.165, 1.54) is 26.2 Å². The zero-order valence-corrected chi connectivity index (χ0v) is 11.4. The summed E-state index contributed by atoms with van der Waals surface area (Å²) < 4.78 is 43.8. The summed E-state index contributed by atoms with van der Waals surface area (Å²) in [5.74, 6) is -0.638. The van der Waals surface area contributed by atoms with Crippen molar-refractivity contribution < 1.29 is 17.5 Å². The molecule has 1 atom stereocenters. The lowest BCUT2D eigenvalue weighted by Gasteiger charge is -2.14. The molecule has 1 aromatic carbocycles. The van der Waals surface area contributed by atoms with Crippen LogP contribution in [0.5, 0.6) is 5.75 Å². The Balaban J connectivity index is 3.01. The van der Waals surface area contributed by atoms with E-state index in [1.54, 1.807) is 0 Å². The van der Waals surface area contributed by atoms with Gasteiger partial charge >= 0.3 is 0 Å². The Bertz CT molecular complexity index is 560. The van der Waals surface area contributed by atoms with E-state index in [4.69, 9.17) is 10.5 Å². The summed E-state index contributed by atoms with van der Waals surface area (Å²) in [6.07, 6.45) is 0. The lowest BCUT2D eigenvalue weighted by molar-refractivity contribution is 0.387. The number of ether oxygens (including phenoxy) is 1. The molecule has 0 saturated heterocycles. The molecule has 0 fully saturated rings. The smallest absolute Gasteiger partial charge is 0.241 e. The number of anilines is 1. The predicted molar refractivity (Wildman–Crippen MR) is 71.7 cm³/mol. The third kappa shape index (κ3) is 3.30. The second kappa shape index (κ2) is 5.49. The number of halogens is 1. The third-order valence-corrected chi connectivity index (χ3v) is 4.49. The van der Waals surface area contributed by atoms with Gasteiger partial charge in [-0.15, -0.1) is 0 Å². The topological polar surface area (TPSA) is 81.4 Å². The van der Waals surface area contributed by atoms with E-state index in [2.05, 4.69) is 16.9 Å². The van der Waals surface area contributed by atoms with Crippen LogP contribution in [0.15, 0.2) is 18.2 Å². The van der Waals surface area contributed by atoms with Crippen LogP contribution in [0.3, 0.4) is 0 Å². The number of thiocarbonyl (C=S) groups is 1. The number of nitrogens with two attached hydrogens (primary N) is 1. The lowest BCUT2D eigenvalue weighted by atomic mass is 10.3. The number of methoxy groups -OCH3 is 1. The summed E-state index contributed by atoms with van der Waals surface area (Å²) in [4.78, 5) is -0.142. The van der Waals surface area contributed by atoms with Crippen molar-refractivity contribution in [2.75, 3.05) is 11.8 Å². The van der Waals surface area contributed by atoms with Gasteiger partial charge in [0, 0.05) is 6.07 Å². The number of hydrogen-bond donors (Lipinski definition) is 2. The van der Waals surface area contributed by atoms with Crippen molar-refractivity contribution in [3.8, 4) is 5.75 Å². The highest BCUT2D eigenvalue weighted by Gasteiger charge is 2.23. The molecule has 1 unspecified atom stereocenters. The quantitative estimate of drug-likeness (QED) is 0.798. The van der Waals surface area contributed by atoms with Gasteiger partial charge in [0.2, 0.25) is 10.0 Å². The van der Waals surface area contributed by atoms with E-state index in [9.17, 15) is 12.8 Å². The van der Waals surface area contributed by atoms with Crippen LogP contribution in [-0.4, -0.2) is 25.8 Å². The van der Waals surface area contributed by atoms with Crippen molar-refractivity contribution in [3.05, 3.63) is 24.0 Å². The normalized spacial score (nSPS) is 12.8. The molecular weight excluding hydrogens is 279 g/mol. The van der Waals surface area contributed by atoms with Gasteiger partial charge in [-0.1, -0.05) is 12.2 Å². The van der Waals surface area contributed by atoms with Crippen LogP contribution in [0, 0.1) is 5.82 Å². The Hall–Kier alpha value is -1.41. The monoisotopic (exact) mass is 292 g/mol. The highest BCUT2D eigenvalue weighted by molar-refractivity contribution is 7.95. The summed E-state index contributed by atoms with van der Waals surface area (Å²) in [7, 11) is -2.46. The molecular formula is C10H13FN2O3S2. The van der Waals surface area contributed by atoms with E-state index in [0.717, 1.165) is 6.07 Å². The minimum atomic E-state index is -3.74. The summed E-state index contributed by atoms with van der Waals surface area (Å²) in [5.41, 5.74) is 5.46. The molecule has 0 bridgehead atoms. The van der Waals surface area contributed by atoms with Crippen molar-refractivity contribution >= 4 is 32.9 Å². The highest BCUT2D eigenvalue weighted by atomic mass is 32.2. The minimum Gasteiger partial charge on any atom is -0.494 e. The van der Waals surface area contributed by atoms with E-state index >= 15 is 0 Å². The molecule has 0 aliphatic carbocycles. The first-order valence-corrected chi connectivity index (χ1v) is 6.88. The molecule has 0 radical (unpaired) electrons. The highest BCUT2D eigenvalue weighted by Crippen LogP contribution is 2.22. The van der Waals surface area contributed by atoms with Crippen molar-refractivity contribution in [1.29, 1.82) is 0 Å². The first kappa shape index (κ1) is 14.7. The average Bonchev–Trinajstić information content (AvgIpc) is 2.30. The van der Waals surface area contributed by atoms with E-state index in [1.807, 2.05) is 0 Å². The Morgan fingerprint density at radius 3 is 2.67 bits per heavy atom. The second-order valence-electron chi connectivity index (χ2n) is 3.54. The van der Waals surface area contributed by atoms with E-state index < -0.39 is 21.1 Å². The van der Waals surface area contributed by atoms with Gasteiger partial charge in [0.25, 0.3) is 0 Å². The second-order valence-corrected chi connectivity index (χ2v) is 6.01. The summed E-state index contributed by atoms with van der Waals surface area (Å²) in [5, 5.41) is -1.02. The number of hydrogen-bond acceptors (Lipinski definition) is 4. The van der Waals surface area contributed by atoms with Crippen molar-refractivity contribution in [3.63, 3.8) is 0 Å². The van der Waals surface area contributed by atoms with Gasteiger partial charge in [-0.3, -0.25) is 4.72 Å². The molecule has 0 saturated carbocycles. The van der Waals surface area contributed by atoms with Crippen LogP contribution in [-0.2, 0) is 10.0 Å². The molecule has 1 rings (SSSR count). The van der Waals surface area contributed by atoms with Crippen molar-refractivity contribution in [1.82, 2.24) is 0 Å². The lowest BCUT2D eigenvalue weighted by Crippen LogP contribution is -2.35. The molecule has 0 aliphatic heterocycles. The largest absolute Gasteiger partial charge is 0.494 e. The van der Waals surface area contributed by atoms with Crippen molar-refractivity contribution in [2.24, 2.45) is 5.73 Å². The van der Waals surface area contributed by atoms with Crippen LogP contribution in [0.2, 0.25) is 0 Å². The molecule has 18 heavy (non-hydrogen) atoms. The molecule has 8 heteroatoms. The van der Waals surface area contributed by atoms with Crippen LogP contribution in [0.1, 0.15) is 6.92 Å². The summed E-state index contributed by atoms with van der Waals surface area (Å²) in [6.45, 7) is 1.37. The molecule has 0 amide bonds. The SMILES string of the molecule is COc1cc(NS(=O)(=O)C(C)C(N)=S)ccc1F. The molecule has 1 aromatic rings. The predicted octanol–water partition coefficient (Wildman–Crippen LogP) is 1.25. The Morgan fingerprint density at radius 2 is 2.17 bits per heavy atom. The van der Waals surface area contributed by atoms with Gasteiger partial charge < -0.3 is 10.5 Å². The zero-order chi connectivity index (χ0) is 13.9. The maximum atomic E-state index is 13.1. The zero-order valence-electron chi connectivity index (χ0n) is 9.81. The molecule has 5 nitrogen and oxygen atoms in total. The van der Waals surface area contributed by atoms with Crippen LogP contribution < -0.4 is 15.2 Å². The average molecular weight is 292 g/mol. The fraction of sp³-hybridized carbons (Fsp3) is 0.300. The van der Waals surface area contributed by atoms with Crippen LogP contribution >= 0.6 is 12.2 Å². The van der Waals surface area contributed by atoms with Gasteiger partial charge in [-0.05, 0) is 19.1 Å². The van der Waals surface area contributed by atoms with Crippen LogP contribution in [0.25, 0.3) is 0 Å². The number of rotatable bonds is 5. The number of benzene rings is 1. The Morgan fingerprint density at radius 1 is 1.56 bits per heavy atom. The summed E-state index contributed by atoms with van der Waals surface area (Å²) >= 11 is 4.63. The molecule has 0 aliphatic rings. The number of nitrogens with one attached hydrogen (secondary N) is 1. The molecule has 100 valence electrons. The van der Waals surface area contributed by atoms with Gasteiger partial charge in [-0.25, -0.2) is 12.8 Å². The first-order valence-electron chi connectivity index (χ1n) is 4.92. The maximum Gasteiger partial charge on any atom is 0.241 e. The van der Waals surface area contributed by atoms with E-state index in [-0.39, 0.29) is 16.4 Å². The molecule has 0 spiro atoms. The standard InChI is InChI=1S/C10H13FN2O3S2/c1-6(10(12)17)18(14,15)13-7-3-4-8(11)9(5-7)16-2/h3-6,13H,1-2H3,(H2,12,17). The van der Waals surface area contributed by atoms with Gasteiger partial charge in [-0.2, -0.15) is 0 Å². The van der Waals surface area contributed by atoms with Gasteiger partial charge in [0.1, 0.15) is 5.25 Å². The molecule has 3 N–H and O–H groups in total. The molecule has 0 aromatic heterocycles. The molecule has 0 heterocycles. The summed E-state index contributed by atoms with van der Waals surface area (Å²) in [6, 6.07) is 3.61. The van der Waals surface area contributed by atoms with Crippen LogP contribution in [0.4, 0.5) is 10.1 Å². The Labute approximate surface area is 110 Å².